The summed E-state index contributed by atoms with van der Waals surface area (Å²) >= 11 is 0. The molecule has 114 valence electrons. The number of benzene rings is 3. The van der Waals surface area contributed by atoms with Crippen LogP contribution in [-0.4, -0.2) is 12.1 Å². The number of rotatable bonds is 3. The van der Waals surface area contributed by atoms with Crippen LogP contribution in [0.5, 0.6) is 0 Å². The van der Waals surface area contributed by atoms with Crippen molar-refractivity contribution < 1.29 is 13.6 Å². The van der Waals surface area contributed by atoms with E-state index in [4.69, 9.17) is 0 Å². The summed E-state index contributed by atoms with van der Waals surface area (Å²) in [7, 11) is 0. The number of hydrogen-bond acceptors (Lipinski definition) is 2. The van der Waals surface area contributed by atoms with E-state index in [1.165, 1.54) is 6.21 Å². The van der Waals surface area contributed by atoms with Crippen molar-refractivity contribution in [2.45, 2.75) is 0 Å². The minimum Gasteiger partial charge on any atom is -0.267 e. The first-order valence-corrected chi connectivity index (χ1v) is 6.91. The van der Waals surface area contributed by atoms with Gasteiger partial charge in [0.15, 0.2) is 0 Å². The van der Waals surface area contributed by atoms with Crippen molar-refractivity contribution in [1.29, 1.82) is 0 Å². The molecule has 0 bridgehead atoms. The van der Waals surface area contributed by atoms with E-state index in [1.54, 1.807) is 0 Å². The molecular formula is C18H12F2N2O. The highest BCUT2D eigenvalue weighted by Gasteiger charge is 2.11. The van der Waals surface area contributed by atoms with E-state index in [1.807, 2.05) is 42.5 Å². The lowest BCUT2D eigenvalue weighted by atomic mass is 10.1. The second kappa shape index (κ2) is 6.36. The Hall–Kier alpha value is -3.08. The maximum absolute atomic E-state index is 13.5. The quantitative estimate of drug-likeness (QED) is 0.579. The highest BCUT2D eigenvalue weighted by Crippen LogP contribution is 2.16. The Bertz CT molecular complexity index is 901. The van der Waals surface area contributed by atoms with E-state index in [2.05, 4.69) is 10.5 Å². The molecule has 0 aromatic heterocycles. The zero-order valence-corrected chi connectivity index (χ0v) is 12.0. The summed E-state index contributed by atoms with van der Waals surface area (Å²) in [5.74, 6) is -2.29. The number of hydrazone groups is 1. The number of fused-ring (bicyclic) bond motifs is 1. The van der Waals surface area contributed by atoms with E-state index in [0.29, 0.717) is 0 Å². The smallest absolute Gasteiger partial charge is 0.267 e. The average molecular weight is 310 g/mol. The van der Waals surface area contributed by atoms with Gasteiger partial charge in [-0.1, -0.05) is 42.5 Å². The third-order valence-corrected chi connectivity index (χ3v) is 3.37. The SMILES string of the molecule is O=C(NN=Cc1cccc2ccccc12)c1cc(F)ccc1F. The highest BCUT2D eigenvalue weighted by molar-refractivity contribution is 6.00. The first kappa shape index (κ1) is 14.8. The van der Waals surface area contributed by atoms with Gasteiger partial charge >= 0.3 is 0 Å². The summed E-state index contributed by atoms with van der Waals surface area (Å²) in [6.45, 7) is 0. The van der Waals surface area contributed by atoms with Gasteiger partial charge in [-0.15, -0.1) is 0 Å². The molecule has 1 N–H and O–H groups in total. The minimum atomic E-state index is -0.807. The van der Waals surface area contributed by atoms with Crippen molar-refractivity contribution in [2.24, 2.45) is 5.10 Å². The average Bonchev–Trinajstić information content (AvgIpc) is 2.57. The van der Waals surface area contributed by atoms with E-state index >= 15 is 0 Å². The second-order valence-corrected chi connectivity index (χ2v) is 4.89. The first-order valence-electron chi connectivity index (χ1n) is 6.91. The van der Waals surface area contributed by atoms with Crippen molar-refractivity contribution in [3.8, 4) is 0 Å². The second-order valence-electron chi connectivity index (χ2n) is 4.89. The lowest BCUT2D eigenvalue weighted by molar-refractivity contribution is 0.0950. The Labute approximate surface area is 131 Å². The number of hydrogen-bond donors (Lipinski definition) is 1. The zero-order chi connectivity index (χ0) is 16.2. The molecule has 0 aliphatic rings. The lowest BCUT2D eigenvalue weighted by Crippen LogP contribution is -2.19. The minimum absolute atomic E-state index is 0.389. The molecule has 3 rings (SSSR count). The molecule has 0 radical (unpaired) electrons. The third kappa shape index (κ3) is 3.23. The summed E-state index contributed by atoms with van der Waals surface area (Å²) in [6.07, 6.45) is 1.47. The molecule has 0 fully saturated rings. The molecule has 0 heterocycles. The summed E-state index contributed by atoms with van der Waals surface area (Å²) in [4.78, 5) is 11.8. The molecule has 0 spiro atoms. The van der Waals surface area contributed by atoms with Crippen molar-refractivity contribution >= 4 is 22.9 Å². The van der Waals surface area contributed by atoms with Crippen LogP contribution in [0, 0.1) is 11.6 Å². The highest BCUT2D eigenvalue weighted by atomic mass is 19.1. The largest absolute Gasteiger partial charge is 0.274 e. The predicted molar refractivity (Wildman–Crippen MR) is 85.4 cm³/mol. The fraction of sp³-hybridized carbons (Fsp3) is 0. The van der Waals surface area contributed by atoms with Gasteiger partial charge in [-0.3, -0.25) is 4.79 Å². The van der Waals surface area contributed by atoms with E-state index < -0.39 is 17.5 Å². The van der Waals surface area contributed by atoms with Gasteiger partial charge in [-0.2, -0.15) is 5.10 Å². The number of nitrogens with one attached hydrogen (secondary N) is 1. The fourth-order valence-electron chi connectivity index (χ4n) is 2.26. The Balaban J connectivity index is 1.80. The topological polar surface area (TPSA) is 41.5 Å². The molecule has 0 saturated heterocycles. The van der Waals surface area contributed by atoms with Gasteiger partial charge < -0.3 is 0 Å². The molecule has 3 aromatic carbocycles. The number of halogens is 2. The van der Waals surface area contributed by atoms with Crippen LogP contribution in [0.3, 0.4) is 0 Å². The maximum Gasteiger partial charge on any atom is 0.274 e. The van der Waals surface area contributed by atoms with Crippen LogP contribution < -0.4 is 5.43 Å². The van der Waals surface area contributed by atoms with Gasteiger partial charge in [-0.25, -0.2) is 14.2 Å². The number of carbonyl (C=O) groups excluding carboxylic acids is 1. The Morgan fingerprint density at radius 3 is 2.65 bits per heavy atom. The normalized spacial score (nSPS) is 11.0. The molecule has 5 heteroatoms. The van der Waals surface area contributed by atoms with Crippen LogP contribution >= 0.6 is 0 Å². The van der Waals surface area contributed by atoms with Crippen molar-refractivity contribution in [3.63, 3.8) is 0 Å². The standard InChI is InChI=1S/C18H12F2N2O/c19-14-8-9-17(20)16(10-14)18(23)22-21-11-13-6-3-5-12-4-1-2-7-15(12)13/h1-11H,(H,22,23). The number of nitrogens with zero attached hydrogens (tertiary/aromatic N) is 1. The third-order valence-electron chi connectivity index (χ3n) is 3.37. The maximum atomic E-state index is 13.5. The van der Waals surface area contributed by atoms with Crippen LogP contribution in [0.2, 0.25) is 0 Å². The predicted octanol–water partition coefficient (Wildman–Crippen LogP) is 3.88. The van der Waals surface area contributed by atoms with E-state index in [-0.39, 0.29) is 5.56 Å². The summed E-state index contributed by atoms with van der Waals surface area (Å²) in [5, 5.41) is 5.84. The lowest BCUT2D eigenvalue weighted by Gasteiger charge is -2.03. The molecule has 0 saturated carbocycles. The summed E-state index contributed by atoms with van der Waals surface area (Å²) in [5.41, 5.74) is 2.62. The number of amides is 1. The molecular weight excluding hydrogens is 298 g/mol. The molecule has 0 unspecified atom stereocenters. The van der Waals surface area contributed by atoms with Crippen LogP contribution in [0.25, 0.3) is 10.8 Å². The van der Waals surface area contributed by atoms with Crippen LogP contribution in [0.1, 0.15) is 15.9 Å². The zero-order valence-electron chi connectivity index (χ0n) is 12.0. The van der Waals surface area contributed by atoms with Gasteiger partial charge in [0.2, 0.25) is 0 Å². The fourth-order valence-corrected chi connectivity index (χ4v) is 2.26. The van der Waals surface area contributed by atoms with Crippen LogP contribution in [-0.2, 0) is 0 Å². The Morgan fingerprint density at radius 2 is 1.78 bits per heavy atom. The molecule has 0 aliphatic carbocycles. The van der Waals surface area contributed by atoms with Crippen molar-refractivity contribution in [1.82, 2.24) is 5.43 Å². The van der Waals surface area contributed by atoms with Gasteiger partial charge in [-0.05, 0) is 29.0 Å². The first-order chi connectivity index (χ1) is 11.1. The van der Waals surface area contributed by atoms with Crippen LogP contribution in [0.15, 0.2) is 65.8 Å². The van der Waals surface area contributed by atoms with Gasteiger partial charge in [0.1, 0.15) is 11.6 Å². The Kier molecular flexibility index (Phi) is 4.10. The van der Waals surface area contributed by atoms with Crippen molar-refractivity contribution in [3.05, 3.63) is 83.4 Å². The van der Waals surface area contributed by atoms with E-state index in [0.717, 1.165) is 34.5 Å². The molecule has 0 atom stereocenters. The molecule has 3 nitrogen and oxygen atoms in total. The molecule has 0 aliphatic heterocycles. The summed E-state index contributed by atoms with van der Waals surface area (Å²) in [6, 6.07) is 16.1. The molecule has 3 aromatic rings. The van der Waals surface area contributed by atoms with Gasteiger partial charge in [0.25, 0.3) is 5.91 Å². The monoisotopic (exact) mass is 310 g/mol. The molecule has 23 heavy (non-hydrogen) atoms. The summed E-state index contributed by atoms with van der Waals surface area (Å²) < 4.78 is 26.6. The van der Waals surface area contributed by atoms with Gasteiger partial charge in [0.05, 0.1) is 11.8 Å². The van der Waals surface area contributed by atoms with E-state index in [9.17, 15) is 13.6 Å². The number of carbonyl (C=O) groups is 1. The van der Waals surface area contributed by atoms with Crippen molar-refractivity contribution in [2.75, 3.05) is 0 Å². The molecule has 1 amide bonds. The Morgan fingerprint density at radius 1 is 1.00 bits per heavy atom. The van der Waals surface area contributed by atoms with Crippen LogP contribution in [0.4, 0.5) is 8.78 Å². The van der Waals surface area contributed by atoms with Gasteiger partial charge in [0, 0.05) is 5.56 Å².